The van der Waals surface area contributed by atoms with Crippen molar-refractivity contribution < 1.29 is 19.8 Å². The maximum absolute atomic E-state index is 11.6. The van der Waals surface area contributed by atoms with E-state index in [-0.39, 0.29) is 24.6 Å². The van der Waals surface area contributed by atoms with E-state index in [1.54, 1.807) is 0 Å². The number of aliphatic hydroxyl groups excluding tert-OH is 1. The minimum absolute atomic E-state index is 0.142. The summed E-state index contributed by atoms with van der Waals surface area (Å²) >= 11 is 0. The van der Waals surface area contributed by atoms with Crippen molar-refractivity contribution >= 4 is 12.0 Å². The summed E-state index contributed by atoms with van der Waals surface area (Å²) < 4.78 is 0. The first-order chi connectivity index (χ1) is 9.58. The molecule has 0 spiro atoms. The number of aliphatic hydroxyl groups is 1. The minimum atomic E-state index is -0.750. The summed E-state index contributed by atoms with van der Waals surface area (Å²) in [6.45, 7) is 0.619. The van der Waals surface area contributed by atoms with Gasteiger partial charge in [-0.3, -0.25) is 4.79 Å². The van der Waals surface area contributed by atoms with Gasteiger partial charge in [-0.25, -0.2) is 4.79 Å². The molecule has 0 aromatic rings. The van der Waals surface area contributed by atoms with Crippen molar-refractivity contribution in [2.45, 2.75) is 69.9 Å². The number of urea groups is 1. The molecule has 1 saturated carbocycles. The van der Waals surface area contributed by atoms with Gasteiger partial charge < -0.3 is 20.8 Å². The number of carboxylic acids is 1. The largest absolute Gasteiger partial charge is 0.481 e. The Bertz CT molecular complexity index is 302. The molecule has 1 fully saturated rings. The summed E-state index contributed by atoms with van der Waals surface area (Å²) in [7, 11) is 0. The highest BCUT2D eigenvalue weighted by Gasteiger charge is 2.20. The summed E-state index contributed by atoms with van der Waals surface area (Å²) in [6.07, 6.45) is 6.60. The third-order valence-corrected chi connectivity index (χ3v) is 3.63. The molecule has 6 heteroatoms. The second-order valence-corrected chi connectivity index (χ2v) is 5.46. The van der Waals surface area contributed by atoms with Gasteiger partial charge in [0.1, 0.15) is 0 Å². The monoisotopic (exact) mass is 286 g/mol. The second kappa shape index (κ2) is 9.58. The highest BCUT2D eigenvalue weighted by Crippen LogP contribution is 2.17. The van der Waals surface area contributed by atoms with Gasteiger partial charge in [0, 0.05) is 19.0 Å². The number of nitrogens with one attached hydrogen (secondary N) is 2. The van der Waals surface area contributed by atoms with E-state index in [1.807, 2.05) is 0 Å². The molecule has 2 amide bonds. The molecule has 0 unspecified atom stereocenters. The third kappa shape index (κ3) is 7.99. The summed E-state index contributed by atoms with van der Waals surface area (Å²) in [5.74, 6) is -0.750. The van der Waals surface area contributed by atoms with E-state index >= 15 is 0 Å². The molecule has 1 aliphatic carbocycles. The zero-order valence-electron chi connectivity index (χ0n) is 11.9. The van der Waals surface area contributed by atoms with E-state index < -0.39 is 5.97 Å². The molecule has 0 heterocycles. The van der Waals surface area contributed by atoms with Crippen LogP contribution in [0.2, 0.25) is 0 Å². The van der Waals surface area contributed by atoms with Crippen molar-refractivity contribution in [2.24, 2.45) is 0 Å². The molecule has 116 valence electrons. The number of carboxylic acid groups (broad SMARTS) is 1. The lowest BCUT2D eigenvalue weighted by Crippen LogP contribution is -2.44. The molecule has 4 N–H and O–H groups in total. The Morgan fingerprint density at radius 1 is 1.00 bits per heavy atom. The predicted molar refractivity (Wildman–Crippen MR) is 75.5 cm³/mol. The van der Waals surface area contributed by atoms with Crippen LogP contribution >= 0.6 is 0 Å². The molecule has 0 aliphatic heterocycles. The minimum Gasteiger partial charge on any atom is -0.481 e. The van der Waals surface area contributed by atoms with Crippen LogP contribution in [0.4, 0.5) is 4.79 Å². The fourth-order valence-corrected chi connectivity index (χ4v) is 2.41. The van der Waals surface area contributed by atoms with Gasteiger partial charge in [0.2, 0.25) is 0 Å². The molecule has 1 aliphatic rings. The van der Waals surface area contributed by atoms with Crippen molar-refractivity contribution in [3.8, 4) is 0 Å². The molecule has 20 heavy (non-hydrogen) atoms. The third-order valence-electron chi connectivity index (χ3n) is 3.63. The van der Waals surface area contributed by atoms with Crippen molar-refractivity contribution in [2.75, 3.05) is 6.54 Å². The Balaban J connectivity index is 1.94. The smallest absolute Gasteiger partial charge is 0.315 e. The molecule has 0 aromatic carbocycles. The molecular weight excluding hydrogens is 260 g/mol. The Morgan fingerprint density at radius 3 is 2.30 bits per heavy atom. The number of rotatable bonds is 8. The molecule has 6 nitrogen and oxygen atoms in total. The zero-order valence-corrected chi connectivity index (χ0v) is 11.9. The average Bonchev–Trinajstić information content (AvgIpc) is 2.40. The fourth-order valence-electron chi connectivity index (χ4n) is 2.41. The quantitative estimate of drug-likeness (QED) is 0.510. The van der Waals surface area contributed by atoms with Crippen LogP contribution in [0.15, 0.2) is 0 Å². The maximum Gasteiger partial charge on any atom is 0.315 e. The summed E-state index contributed by atoms with van der Waals surface area (Å²) in [6, 6.07) is 0.0332. The molecule has 0 bridgehead atoms. The van der Waals surface area contributed by atoms with Gasteiger partial charge >= 0.3 is 12.0 Å². The Kier molecular flexibility index (Phi) is 8.02. The second-order valence-electron chi connectivity index (χ2n) is 5.46. The lowest BCUT2D eigenvalue weighted by Gasteiger charge is -2.26. The maximum atomic E-state index is 11.6. The van der Waals surface area contributed by atoms with Crippen LogP contribution in [0.25, 0.3) is 0 Å². The first-order valence-corrected chi connectivity index (χ1v) is 7.52. The number of hydrogen-bond acceptors (Lipinski definition) is 3. The van der Waals surface area contributed by atoms with Crippen LogP contribution in [0, 0.1) is 0 Å². The molecule has 0 atom stereocenters. The van der Waals surface area contributed by atoms with Crippen molar-refractivity contribution in [3.63, 3.8) is 0 Å². The van der Waals surface area contributed by atoms with E-state index in [4.69, 9.17) is 5.11 Å². The van der Waals surface area contributed by atoms with Gasteiger partial charge in [0.05, 0.1) is 6.10 Å². The van der Waals surface area contributed by atoms with Crippen LogP contribution in [0.5, 0.6) is 0 Å². The number of amides is 2. The standard InChI is InChI=1S/C14H26N2O4/c17-12-8-6-11(7-9-12)16-14(20)15-10-4-2-1-3-5-13(18)19/h11-12,17H,1-10H2,(H,18,19)(H2,15,16,20). The lowest BCUT2D eigenvalue weighted by atomic mass is 9.93. The number of carbonyl (C=O) groups is 2. The lowest BCUT2D eigenvalue weighted by molar-refractivity contribution is -0.137. The van der Waals surface area contributed by atoms with Crippen molar-refractivity contribution in [1.29, 1.82) is 0 Å². The Hall–Kier alpha value is -1.30. The highest BCUT2D eigenvalue weighted by atomic mass is 16.4. The van der Waals surface area contributed by atoms with E-state index in [1.165, 1.54) is 0 Å². The van der Waals surface area contributed by atoms with Gasteiger partial charge in [0.25, 0.3) is 0 Å². The van der Waals surface area contributed by atoms with Crippen LogP contribution < -0.4 is 10.6 Å². The van der Waals surface area contributed by atoms with Gasteiger partial charge in [-0.1, -0.05) is 12.8 Å². The van der Waals surface area contributed by atoms with Crippen LogP contribution in [0.1, 0.15) is 57.8 Å². The Labute approximate surface area is 119 Å². The number of carbonyl (C=O) groups excluding carboxylic acids is 1. The van der Waals surface area contributed by atoms with E-state index in [0.29, 0.717) is 13.0 Å². The number of aliphatic carboxylic acids is 1. The van der Waals surface area contributed by atoms with E-state index in [2.05, 4.69) is 10.6 Å². The molecular formula is C14H26N2O4. The zero-order chi connectivity index (χ0) is 14.8. The Morgan fingerprint density at radius 2 is 1.65 bits per heavy atom. The first-order valence-electron chi connectivity index (χ1n) is 7.52. The number of unbranched alkanes of at least 4 members (excludes halogenated alkanes) is 3. The summed E-state index contributed by atoms with van der Waals surface area (Å²) in [5.41, 5.74) is 0. The molecule has 0 radical (unpaired) electrons. The fraction of sp³-hybridized carbons (Fsp3) is 0.857. The summed E-state index contributed by atoms with van der Waals surface area (Å²) in [4.78, 5) is 21.9. The van der Waals surface area contributed by atoms with Gasteiger partial charge in [-0.2, -0.15) is 0 Å². The van der Waals surface area contributed by atoms with E-state index in [9.17, 15) is 14.7 Å². The van der Waals surface area contributed by atoms with Crippen LogP contribution in [-0.2, 0) is 4.79 Å². The van der Waals surface area contributed by atoms with Crippen LogP contribution in [0.3, 0.4) is 0 Å². The average molecular weight is 286 g/mol. The van der Waals surface area contributed by atoms with Gasteiger partial charge in [-0.05, 0) is 38.5 Å². The number of hydrogen-bond donors (Lipinski definition) is 4. The van der Waals surface area contributed by atoms with Gasteiger partial charge in [0.15, 0.2) is 0 Å². The molecule has 0 saturated heterocycles. The summed E-state index contributed by atoms with van der Waals surface area (Å²) in [5, 5.41) is 23.6. The highest BCUT2D eigenvalue weighted by molar-refractivity contribution is 5.74. The van der Waals surface area contributed by atoms with Crippen LogP contribution in [-0.4, -0.2) is 40.9 Å². The van der Waals surface area contributed by atoms with Gasteiger partial charge in [-0.15, -0.1) is 0 Å². The molecule has 0 aromatic heterocycles. The molecule has 1 rings (SSSR count). The van der Waals surface area contributed by atoms with Crippen molar-refractivity contribution in [1.82, 2.24) is 10.6 Å². The van der Waals surface area contributed by atoms with E-state index in [0.717, 1.165) is 44.9 Å². The first kappa shape index (κ1) is 16.8. The predicted octanol–water partition coefficient (Wildman–Crippen LogP) is 1.62. The van der Waals surface area contributed by atoms with Crippen molar-refractivity contribution in [3.05, 3.63) is 0 Å². The topological polar surface area (TPSA) is 98.7 Å². The SMILES string of the molecule is O=C(O)CCCCCCNC(=O)NC1CCC(O)CC1. The normalized spacial score (nSPS) is 22.2.